The quantitative estimate of drug-likeness (QED) is 0.853. The van der Waals surface area contributed by atoms with Crippen LogP contribution >= 0.6 is 0 Å². The van der Waals surface area contributed by atoms with E-state index in [0.29, 0.717) is 5.92 Å². The summed E-state index contributed by atoms with van der Waals surface area (Å²) in [5.74, 6) is 1.38. The molecule has 0 aromatic carbocycles. The monoisotopic (exact) mass is 236 g/mol. The van der Waals surface area contributed by atoms with E-state index >= 15 is 0 Å². The van der Waals surface area contributed by atoms with Crippen LogP contribution in [0.1, 0.15) is 40.2 Å². The van der Waals surface area contributed by atoms with Crippen LogP contribution in [-0.4, -0.2) is 17.1 Å². The van der Waals surface area contributed by atoms with Crippen molar-refractivity contribution in [2.75, 3.05) is 6.54 Å². The molecule has 17 heavy (non-hydrogen) atoms. The Morgan fingerprint density at radius 1 is 1.35 bits per heavy atom. The van der Waals surface area contributed by atoms with E-state index in [2.05, 4.69) is 30.2 Å². The van der Waals surface area contributed by atoms with E-state index in [4.69, 9.17) is 4.74 Å². The van der Waals surface area contributed by atoms with Gasteiger partial charge in [-0.25, -0.2) is 4.98 Å². The van der Waals surface area contributed by atoms with Gasteiger partial charge < -0.3 is 10.1 Å². The van der Waals surface area contributed by atoms with E-state index in [9.17, 15) is 0 Å². The second kappa shape index (κ2) is 6.01. The lowest BCUT2D eigenvalue weighted by Crippen LogP contribution is -2.25. The number of nitrogens with zero attached hydrogens (tertiary/aromatic N) is 1. The van der Waals surface area contributed by atoms with E-state index in [0.717, 1.165) is 24.5 Å². The summed E-state index contributed by atoms with van der Waals surface area (Å²) in [4.78, 5) is 4.30. The number of ether oxygens (including phenoxy) is 1. The minimum Gasteiger partial charge on any atom is -0.472 e. The van der Waals surface area contributed by atoms with Gasteiger partial charge in [0, 0.05) is 18.3 Å². The normalized spacial score (nSPS) is 11.9. The van der Waals surface area contributed by atoms with Crippen LogP contribution in [0, 0.1) is 5.92 Å². The standard InChI is InChI=1S/C14H24N2O/c1-11(2)9-15-10-12-7-6-8-16-13(12)17-14(3,4)5/h6-8,11,15H,9-10H2,1-5H3. The van der Waals surface area contributed by atoms with Crippen molar-refractivity contribution in [1.29, 1.82) is 0 Å². The first-order valence-electron chi connectivity index (χ1n) is 6.22. The highest BCUT2D eigenvalue weighted by Gasteiger charge is 2.15. The van der Waals surface area contributed by atoms with E-state index in [1.807, 2.05) is 26.8 Å². The Bertz CT molecular complexity index is 342. The minimum atomic E-state index is -0.207. The molecule has 1 aromatic rings. The predicted octanol–water partition coefficient (Wildman–Crippen LogP) is 3.00. The van der Waals surface area contributed by atoms with Crippen molar-refractivity contribution in [2.45, 2.75) is 46.8 Å². The van der Waals surface area contributed by atoms with Crippen LogP contribution in [0.5, 0.6) is 5.88 Å². The molecule has 3 nitrogen and oxygen atoms in total. The zero-order valence-corrected chi connectivity index (χ0v) is 11.6. The average molecular weight is 236 g/mol. The zero-order chi connectivity index (χ0) is 12.9. The van der Waals surface area contributed by atoms with Gasteiger partial charge in [0.15, 0.2) is 0 Å². The molecule has 3 heteroatoms. The van der Waals surface area contributed by atoms with Crippen LogP contribution < -0.4 is 10.1 Å². The molecule has 1 rings (SSSR count). The average Bonchev–Trinajstić information content (AvgIpc) is 2.17. The summed E-state index contributed by atoms with van der Waals surface area (Å²) in [6.45, 7) is 12.3. The van der Waals surface area contributed by atoms with Crippen LogP contribution in [0.2, 0.25) is 0 Å². The predicted molar refractivity (Wildman–Crippen MR) is 71.2 cm³/mol. The molecule has 1 N–H and O–H groups in total. The van der Waals surface area contributed by atoms with Gasteiger partial charge in [-0.1, -0.05) is 19.9 Å². The van der Waals surface area contributed by atoms with Crippen molar-refractivity contribution in [3.05, 3.63) is 23.9 Å². The maximum absolute atomic E-state index is 5.84. The van der Waals surface area contributed by atoms with Crippen molar-refractivity contribution < 1.29 is 4.74 Å². The van der Waals surface area contributed by atoms with Gasteiger partial charge in [0.1, 0.15) is 5.60 Å². The van der Waals surface area contributed by atoms with Crippen LogP contribution in [-0.2, 0) is 6.54 Å². The topological polar surface area (TPSA) is 34.2 Å². The molecule has 0 bridgehead atoms. The lowest BCUT2D eigenvalue weighted by atomic mass is 10.2. The number of hydrogen-bond donors (Lipinski definition) is 1. The smallest absolute Gasteiger partial charge is 0.218 e. The highest BCUT2D eigenvalue weighted by atomic mass is 16.5. The maximum Gasteiger partial charge on any atom is 0.218 e. The number of hydrogen-bond acceptors (Lipinski definition) is 3. The highest BCUT2D eigenvalue weighted by molar-refractivity contribution is 5.25. The van der Waals surface area contributed by atoms with Crippen LogP contribution in [0.15, 0.2) is 18.3 Å². The molecule has 0 saturated carbocycles. The third-order valence-corrected chi connectivity index (χ3v) is 2.12. The molecule has 0 unspecified atom stereocenters. The molecule has 1 heterocycles. The van der Waals surface area contributed by atoms with Gasteiger partial charge in [0.25, 0.3) is 0 Å². The largest absolute Gasteiger partial charge is 0.472 e. The Morgan fingerprint density at radius 2 is 2.06 bits per heavy atom. The van der Waals surface area contributed by atoms with Crippen LogP contribution in [0.25, 0.3) is 0 Å². The summed E-state index contributed by atoms with van der Waals surface area (Å²) in [7, 11) is 0. The Balaban J connectivity index is 2.64. The van der Waals surface area contributed by atoms with Gasteiger partial charge in [-0.05, 0) is 39.3 Å². The summed E-state index contributed by atoms with van der Waals surface area (Å²) in [5.41, 5.74) is 0.907. The van der Waals surface area contributed by atoms with Crippen molar-refractivity contribution in [2.24, 2.45) is 5.92 Å². The zero-order valence-electron chi connectivity index (χ0n) is 11.6. The number of pyridine rings is 1. The van der Waals surface area contributed by atoms with E-state index in [-0.39, 0.29) is 5.60 Å². The molecule has 1 aromatic heterocycles. The maximum atomic E-state index is 5.84. The molecule has 0 aliphatic heterocycles. The van der Waals surface area contributed by atoms with Gasteiger partial charge >= 0.3 is 0 Å². The molecule has 0 amide bonds. The molecule has 0 radical (unpaired) electrons. The van der Waals surface area contributed by atoms with Gasteiger partial charge in [-0.3, -0.25) is 0 Å². The Labute approximate surface area is 105 Å². The van der Waals surface area contributed by atoms with E-state index in [1.54, 1.807) is 6.20 Å². The van der Waals surface area contributed by atoms with Gasteiger partial charge in [-0.15, -0.1) is 0 Å². The molecular formula is C14H24N2O. The van der Waals surface area contributed by atoms with E-state index < -0.39 is 0 Å². The van der Waals surface area contributed by atoms with Crippen molar-refractivity contribution >= 4 is 0 Å². The molecule has 96 valence electrons. The molecule has 0 aliphatic carbocycles. The van der Waals surface area contributed by atoms with Gasteiger partial charge in [0.2, 0.25) is 5.88 Å². The Kier molecular flexibility index (Phi) is 4.94. The van der Waals surface area contributed by atoms with Crippen LogP contribution in [0.4, 0.5) is 0 Å². The second-order valence-corrected chi connectivity index (χ2v) is 5.71. The van der Waals surface area contributed by atoms with Crippen molar-refractivity contribution in [3.8, 4) is 5.88 Å². The fourth-order valence-corrected chi connectivity index (χ4v) is 1.44. The first-order valence-corrected chi connectivity index (χ1v) is 6.22. The molecule has 0 atom stereocenters. The number of rotatable bonds is 5. The third-order valence-electron chi connectivity index (χ3n) is 2.12. The summed E-state index contributed by atoms with van der Waals surface area (Å²) < 4.78 is 5.84. The summed E-state index contributed by atoms with van der Waals surface area (Å²) in [5, 5.41) is 3.41. The summed E-state index contributed by atoms with van der Waals surface area (Å²) >= 11 is 0. The fourth-order valence-electron chi connectivity index (χ4n) is 1.44. The molecule has 0 fully saturated rings. The number of nitrogens with one attached hydrogen (secondary N) is 1. The minimum absolute atomic E-state index is 0.207. The Morgan fingerprint density at radius 3 is 2.65 bits per heavy atom. The van der Waals surface area contributed by atoms with Gasteiger partial charge in [0.05, 0.1) is 0 Å². The van der Waals surface area contributed by atoms with Crippen molar-refractivity contribution in [3.63, 3.8) is 0 Å². The molecule has 0 spiro atoms. The molecule has 0 saturated heterocycles. The lowest BCUT2D eigenvalue weighted by Gasteiger charge is -2.22. The summed E-state index contributed by atoms with van der Waals surface area (Å²) in [6, 6.07) is 4.00. The highest BCUT2D eigenvalue weighted by Crippen LogP contribution is 2.19. The van der Waals surface area contributed by atoms with Gasteiger partial charge in [-0.2, -0.15) is 0 Å². The molecular weight excluding hydrogens is 212 g/mol. The second-order valence-electron chi connectivity index (χ2n) is 5.71. The fraction of sp³-hybridized carbons (Fsp3) is 0.643. The first-order chi connectivity index (χ1) is 7.88. The SMILES string of the molecule is CC(C)CNCc1cccnc1OC(C)(C)C. The van der Waals surface area contributed by atoms with E-state index in [1.165, 1.54) is 0 Å². The lowest BCUT2D eigenvalue weighted by molar-refractivity contribution is 0.122. The third kappa shape index (κ3) is 5.68. The summed E-state index contributed by atoms with van der Waals surface area (Å²) in [6.07, 6.45) is 1.77. The molecule has 0 aliphatic rings. The Hall–Kier alpha value is -1.09. The van der Waals surface area contributed by atoms with Crippen molar-refractivity contribution in [1.82, 2.24) is 10.3 Å². The van der Waals surface area contributed by atoms with Crippen LogP contribution in [0.3, 0.4) is 0 Å². The first kappa shape index (κ1) is 14.0. The number of aromatic nitrogens is 1.